The summed E-state index contributed by atoms with van der Waals surface area (Å²) >= 11 is 18.6. The summed E-state index contributed by atoms with van der Waals surface area (Å²) < 4.78 is 28.8. The van der Waals surface area contributed by atoms with Gasteiger partial charge in [-0.25, -0.2) is 8.42 Å². The van der Waals surface area contributed by atoms with Crippen molar-refractivity contribution in [3.05, 3.63) is 92.9 Å². The number of hydrogen-bond donors (Lipinski definition) is 1. The summed E-state index contributed by atoms with van der Waals surface area (Å²) in [5, 5.41) is 4.02. The number of carbonyl (C=O) groups is 2. The molecule has 0 spiro atoms. The number of nitrogens with one attached hydrogen (secondary N) is 1. The van der Waals surface area contributed by atoms with Crippen LogP contribution < -0.4 is 9.62 Å². The lowest BCUT2D eigenvalue weighted by molar-refractivity contribution is -0.140. The van der Waals surface area contributed by atoms with Crippen molar-refractivity contribution in [1.29, 1.82) is 0 Å². The van der Waals surface area contributed by atoms with Gasteiger partial charge < -0.3 is 10.2 Å². The Morgan fingerprint density at radius 2 is 1.50 bits per heavy atom. The Morgan fingerprint density at radius 1 is 0.900 bits per heavy atom. The largest absolute Gasteiger partial charge is 0.352 e. The minimum absolute atomic E-state index is 0.0257. The van der Waals surface area contributed by atoms with Crippen molar-refractivity contribution in [3.63, 3.8) is 0 Å². The first-order chi connectivity index (χ1) is 18.8. The molecule has 0 saturated heterocycles. The molecule has 40 heavy (non-hydrogen) atoms. The number of carbonyl (C=O) groups excluding carboxylic acids is 2. The zero-order valence-electron chi connectivity index (χ0n) is 22.7. The summed E-state index contributed by atoms with van der Waals surface area (Å²) in [6.45, 7) is 6.69. The van der Waals surface area contributed by atoms with Gasteiger partial charge in [0.2, 0.25) is 11.8 Å². The summed E-state index contributed by atoms with van der Waals surface area (Å²) in [4.78, 5) is 28.6. The van der Waals surface area contributed by atoms with Gasteiger partial charge in [0.1, 0.15) is 12.6 Å². The third-order valence-corrected chi connectivity index (χ3v) is 8.80. The van der Waals surface area contributed by atoms with Crippen LogP contribution in [-0.4, -0.2) is 43.8 Å². The molecule has 0 radical (unpaired) electrons. The lowest BCUT2D eigenvalue weighted by Crippen LogP contribution is -2.53. The van der Waals surface area contributed by atoms with Crippen molar-refractivity contribution in [2.45, 2.75) is 57.6 Å². The highest BCUT2D eigenvalue weighted by molar-refractivity contribution is 7.92. The average molecular weight is 625 g/mol. The molecule has 0 aliphatic heterocycles. The summed E-state index contributed by atoms with van der Waals surface area (Å²) in [6.07, 6.45) is 0.293. The zero-order chi connectivity index (χ0) is 29.6. The minimum atomic E-state index is -4.17. The van der Waals surface area contributed by atoms with E-state index in [9.17, 15) is 18.0 Å². The lowest BCUT2D eigenvalue weighted by Gasteiger charge is -2.33. The number of amides is 2. The fourth-order valence-corrected chi connectivity index (χ4v) is 6.12. The first-order valence-electron chi connectivity index (χ1n) is 12.7. The van der Waals surface area contributed by atoms with Crippen LogP contribution in [0.25, 0.3) is 0 Å². The second-order valence-electron chi connectivity index (χ2n) is 9.65. The molecular formula is C29H32Cl3N3O4S. The Labute approximate surface area is 251 Å². The molecule has 0 bridgehead atoms. The van der Waals surface area contributed by atoms with Gasteiger partial charge in [0.25, 0.3) is 10.0 Å². The Balaban J connectivity index is 2.08. The number of halogens is 3. The molecule has 0 heterocycles. The van der Waals surface area contributed by atoms with Gasteiger partial charge in [0, 0.05) is 27.7 Å². The van der Waals surface area contributed by atoms with Crippen LogP contribution in [-0.2, 0) is 26.2 Å². The molecule has 0 unspecified atom stereocenters. The Bertz CT molecular complexity index is 1450. The smallest absolute Gasteiger partial charge is 0.264 e. The molecule has 1 N–H and O–H groups in total. The van der Waals surface area contributed by atoms with E-state index in [-0.39, 0.29) is 29.1 Å². The average Bonchev–Trinajstić information content (AvgIpc) is 2.88. The van der Waals surface area contributed by atoms with E-state index >= 15 is 0 Å². The summed E-state index contributed by atoms with van der Waals surface area (Å²) in [7, 11) is -4.17. The van der Waals surface area contributed by atoms with Gasteiger partial charge in [0.15, 0.2) is 0 Å². The fraction of sp³-hybridized carbons (Fsp3) is 0.310. The number of rotatable bonds is 11. The van der Waals surface area contributed by atoms with Gasteiger partial charge >= 0.3 is 0 Å². The predicted octanol–water partition coefficient (Wildman–Crippen LogP) is 6.48. The Kier molecular flexibility index (Phi) is 10.9. The van der Waals surface area contributed by atoms with Gasteiger partial charge in [-0.15, -0.1) is 0 Å². The van der Waals surface area contributed by atoms with E-state index in [2.05, 4.69) is 5.32 Å². The van der Waals surface area contributed by atoms with Crippen molar-refractivity contribution in [1.82, 2.24) is 10.2 Å². The maximum Gasteiger partial charge on any atom is 0.264 e. The molecule has 7 nitrogen and oxygen atoms in total. The molecule has 214 valence electrons. The number of hydrogen-bond acceptors (Lipinski definition) is 4. The summed E-state index contributed by atoms with van der Waals surface area (Å²) in [5.41, 5.74) is 1.71. The van der Waals surface area contributed by atoms with E-state index in [1.165, 1.54) is 29.2 Å². The topological polar surface area (TPSA) is 86.8 Å². The number of sulfonamides is 1. The van der Waals surface area contributed by atoms with E-state index in [0.717, 1.165) is 9.87 Å². The van der Waals surface area contributed by atoms with Gasteiger partial charge in [-0.05, 0) is 81.3 Å². The van der Waals surface area contributed by atoms with Crippen LogP contribution in [0.1, 0.15) is 38.3 Å². The molecule has 0 saturated carbocycles. The van der Waals surface area contributed by atoms with E-state index in [0.29, 0.717) is 27.1 Å². The van der Waals surface area contributed by atoms with Crippen LogP contribution in [0.15, 0.2) is 71.6 Å². The monoisotopic (exact) mass is 623 g/mol. The molecule has 3 aromatic rings. The molecule has 2 amide bonds. The zero-order valence-corrected chi connectivity index (χ0v) is 25.8. The fourth-order valence-electron chi connectivity index (χ4n) is 4.11. The lowest BCUT2D eigenvalue weighted by atomic mass is 10.1. The first kappa shape index (κ1) is 31.7. The number of anilines is 1. The number of nitrogens with zero attached hydrogens (tertiary/aromatic N) is 2. The van der Waals surface area contributed by atoms with Crippen molar-refractivity contribution in [2.24, 2.45) is 0 Å². The summed E-state index contributed by atoms with van der Waals surface area (Å²) in [5.74, 6) is -0.933. The van der Waals surface area contributed by atoms with E-state index < -0.39 is 28.5 Å². The molecule has 11 heteroatoms. The quantitative estimate of drug-likeness (QED) is 0.265. The molecule has 3 aromatic carbocycles. The molecule has 0 aromatic heterocycles. The normalized spacial score (nSPS) is 12.2. The third-order valence-electron chi connectivity index (χ3n) is 6.18. The molecule has 0 aliphatic carbocycles. The van der Waals surface area contributed by atoms with E-state index in [1.807, 2.05) is 20.8 Å². The van der Waals surface area contributed by atoms with E-state index in [1.54, 1.807) is 49.4 Å². The predicted molar refractivity (Wildman–Crippen MR) is 162 cm³/mol. The second kappa shape index (κ2) is 13.7. The standard InChI is InChI=1S/C29H32Cl3N3O4S/c1-5-27(29(37)33-19(2)3)34(17-21-8-9-23(31)16-26(21)32)28(36)18-35(24-12-10-22(30)11-13-24)40(38,39)25-14-6-20(4)7-15-25/h6-16,19,27H,5,17-18H2,1-4H3,(H,33,37)/t27-/m1/s1. The van der Waals surface area contributed by atoms with Gasteiger partial charge in [-0.3, -0.25) is 13.9 Å². The maximum atomic E-state index is 14.0. The van der Waals surface area contributed by atoms with Crippen molar-refractivity contribution in [2.75, 3.05) is 10.8 Å². The second-order valence-corrected chi connectivity index (χ2v) is 12.8. The number of aryl methyl sites for hydroxylation is 1. The minimum Gasteiger partial charge on any atom is -0.352 e. The van der Waals surface area contributed by atoms with Gasteiger partial charge in [-0.2, -0.15) is 0 Å². The highest BCUT2D eigenvalue weighted by atomic mass is 35.5. The van der Waals surface area contributed by atoms with Crippen LogP contribution >= 0.6 is 34.8 Å². The van der Waals surface area contributed by atoms with Crippen LogP contribution in [0.2, 0.25) is 15.1 Å². The van der Waals surface area contributed by atoms with Gasteiger partial charge in [0.05, 0.1) is 10.6 Å². The highest BCUT2D eigenvalue weighted by Gasteiger charge is 2.34. The SMILES string of the molecule is CC[C@H](C(=O)NC(C)C)N(Cc1ccc(Cl)cc1Cl)C(=O)CN(c1ccc(Cl)cc1)S(=O)(=O)c1ccc(C)cc1. The third kappa shape index (κ3) is 7.91. The molecule has 1 atom stereocenters. The molecule has 0 aliphatic rings. The van der Waals surface area contributed by atoms with Crippen LogP contribution in [0.4, 0.5) is 5.69 Å². The number of benzene rings is 3. The van der Waals surface area contributed by atoms with Crippen molar-refractivity contribution >= 4 is 62.3 Å². The van der Waals surface area contributed by atoms with Gasteiger partial charge in [-0.1, -0.05) is 65.5 Å². The molecule has 0 fully saturated rings. The summed E-state index contributed by atoms with van der Waals surface area (Å²) in [6, 6.07) is 16.4. The highest BCUT2D eigenvalue weighted by Crippen LogP contribution is 2.28. The first-order valence-corrected chi connectivity index (χ1v) is 15.3. The van der Waals surface area contributed by atoms with Crippen molar-refractivity contribution < 1.29 is 18.0 Å². The Morgan fingerprint density at radius 3 is 2.05 bits per heavy atom. The van der Waals surface area contributed by atoms with Crippen LogP contribution in [0.5, 0.6) is 0 Å². The van der Waals surface area contributed by atoms with Crippen molar-refractivity contribution in [3.8, 4) is 0 Å². The van der Waals surface area contributed by atoms with Crippen LogP contribution in [0.3, 0.4) is 0 Å². The maximum absolute atomic E-state index is 14.0. The Hall–Kier alpha value is -2.78. The molecular weight excluding hydrogens is 593 g/mol. The van der Waals surface area contributed by atoms with Crippen LogP contribution in [0, 0.1) is 6.92 Å². The van der Waals surface area contributed by atoms with E-state index in [4.69, 9.17) is 34.8 Å². The molecule has 3 rings (SSSR count).